The van der Waals surface area contributed by atoms with Crippen LogP contribution in [0.5, 0.6) is 17.2 Å². The molecule has 2 saturated heterocycles. The zero-order chi connectivity index (χ0) is 29.5. The van der Waals surface area contributed by atoms with Crippen LogP contribution in [0.3, 0.4) is 0 Å². The Morgan fingerprint density at radius 1 is 0.905 bits per heavy atom. The molecule has 1 N–H and O–H groups in total. The molecule has 2 fully saturated rings. The highest BCUT2D eigenvalue weighted by atomic mass is 16.5. The number of ketones is 1. The van der Waals surface area contributed by atoms with Crippen LogP contribution in [0, 0.1) is 0 Å². The lowest BCUT2D eigenvalue weighted by Gasteiger charge is -2.29. The number of methoxy groups -OCH3 is 2. The van der Waals surface area contributed by atoms with E-state index in [1.54, 1.807) is 49.6 Å². The number of amides is 1. The van der Waals surface area contributed by atoms with E-state index in [1.807, 2.05) is 30.3 Å². The Hall–Kier alpha value is -4.34. The molecule has 3 aromatic carbocycles. The molecule has 1 unspecified atom stereocenters. The number of ether oxygens (including phenoxy) is 4. The summed E-state index contributed by atoms with van der Waals surface area (Å²) in [6, 6.07) is 21.1. The van der Waals surface area contributed by atoms with Crippen molar-refractivity contribution in [2.45, 2.75) is 19.1 Å². The summed E-state index contributed by atoms with van der Waals surface area (Å²) < 4.78 is 22.3. The molecule has 1 atom stereocenters. The van der Waals surface area contributed by atoms with Crippen molar-refractivity contribution in [1.82, 2.24) is 9.80 Å². The van der Waals surface area contributed by atoms with Crippen molar-refractivity contribution < 1.29 is 33.6 Å². The van der Waals surface area contributed by atoms with Gasteiger partial charge in [-0.15, -0.1) is 0 Å². The van der Waals surface area contributed by atoms with Crippen LogP contribution < -0.4 is 14.2 Å². The molecule has 5 rings (SSSR count). The summed E-state index contributed by atoms with van der Waals surface area (Å²) in [4.78, 5) is 30.7. The topological polar surface area (TPSA) is 97.8 Å². The first-order chi connectivity index (χ1) is 20.5. The molecule has 2 aliphatic rings. The molecule has 220 valence electrons. The number of aliphatic hydroxyl groups is 1. The van der Waals surface area contributed by atoms with E-state index in [0.29, 0.717) is 61.2 Å². The SMILES string of the molecule is COc1ccc(C2/C(=C(\O)c3ccc(OCc4ccccc4)cc3)C(=O)C(=O)N2CCCN2CCOCC2)c(OC)c1. The van der Waals surface area contributed by atoms with Crippen molar-refractivity contribution in [2.75, 3.05) is 53.6 Å². The van der Waals surface area contributed by atoms with E-state index in [1.165, 1.54) is 12.0 Å². The summed E-state index contributed by atoms with van der Waals surface area (Å²) in [5.41, 5.74) is 2.05. The summed E-state index contributed by atoms with van der Waals surface area (Å²) in [7, 11) is 3.08. The van der Waals surface area contributed by atoms with Crippen LogP contribution in [-0.2, 0) is 20.9 Å². The summed E-state index contributed by atoms with van der Waals surface area (Å²) in [6.07, 6.45) is 0.662. The number of carbonyl (C=O) groups excluding carboxylic acids is 2. The molecule has 0 radical (unpaired) electrons. The molecule has 0 aliphatic carbocycles. The highest BCUT2D eigenvalue weighted by Crippen LogP contribution is 2.43. The predicted octanol–water partition coefficient (Wildman–Crippen LogP) is 4.43. The van der Waals surface area contributed by atoms with E-state index in [9.17, 15) is 14.7 Å². The Balaban J connectivity index is 1.44. The van der Waals surface area contributed by atoms with Gasteiger partial charge in [0.25, 0.3) is 11.7 Å². The number of benzene rings is 3. The van der Waals surface area contributed by atoms with E-state index < -0.39 is 17.7 Å². The molecule has 0 aromatic heterocycles. The Labute approximate surface area is 245 Å². The molecule has 9 heteroatoms. The number of nitrogens with zero attached hydrogens (tertiary/aromatic N) is 2. The van der Waals surface area contributed by atoms with Gasteiger partial charge in [-0.3, -0.25) is 14.5 Å². The van der Waals surface area contributed by atoms with E-state index in [4.69, 9.17) is 18.9 Å². The second-order valence-corrected chi connectivity index (χ2v) is 10.2. The van der Waals surface area contributed by atoms with Crippen LogP contribution in [0.2, 0.25) is 0 Å². The third kappa shape index (κ3) is 6.42. The lowest BCUT2D eigenvalue weighted by molar-refractivity contribution is -0.140. The molecule has 0 saturated carbocycles. The third-order valence-corrected chi connectivity index (χ3v) is 7.63. The van der Waals surface area contributed by atoms with Gasteiger partial charge in [0, 0.05) is 43.4 Å². The standard InChI is InChI=1S/C33H36N2O7/c1-39-26-13-14-27(28(21-26)40-2)30-29(32(37)33(38)35(30)16-6-15-34-17-19-41-20-18-34)31(36)24-9-11-25(12-10-24)42-22-23-7-4-3-5-8-23/h3-5,7-14,21,30,36H,6,15-20,22H2,1-2H3/b31-29+. The molecule has 0 bridgehead atoms. The van der Waals surface area contributed by atoms with Crippen molar-refractivity contribution in [1.29, 1.82) is 0 Å². The Morgan fingerprint density at radius 3 is 2.31 bits per heavy atom. The minimum Gasteiger partial charge on any atom is -0.507 e. The summed E-state index contributed by atoms with van der Waals surface area (Å²) in [5.74, 6) is 0.0187. The van der Waals surface area contributed by atoms with Gasteiger partial charge in [-0.25, -0.2) is 0 Å². The van der Waals surface area contributed by atoms with Crippen LogP contribution in [0.1, 0.15) is 29.2 Å². The van der Waals surface area contributed by atoms with Gasteiger partial charge in [-0.1, -0.05) is 30.3 Å². The highest BCUT2D eigenvalue weighted by molar-refractivity contribution is 6.46. The largest absolute Gasteiger partial charge is 0.507 e. The summed E-state index contributed by atoms with van der Waals surface area (Å²) >= 11 is 0. The average Bonchev–Trinajstić information content (AvgIpc) is 3.29. The van der Waals surface area contributed by atoms with Crippen molar-refractivity contribution in [3.8, 4) is 17.2 Å². The Morgan fingerprint density at radius 2 is 1.62 bits per heavy atom. The van der Waals surface area contributed by atoms with Gasteiger partial charge >= 0.3 is 0 Å². The molecular weight excluding hydrogens is 536 g/mol. The molecule has 3 aromatic rings. The monoisotopic (exact) mass is 572 g/mol. The van der Waals surface area contributed by atoms with Crippen molar-refractivity contribution in [3.05, 3.63) is 95.1 Å². The number of Topliss-reactive ketones (excluding diaryl/α,β-unsaturated/α-hetero) is 1. The summed E-state index contributed by atoms with van der Waals surface area (Å²) in [5, 5.41) is 11.5. The van der Waals surface area contributed by atoms with Gasteiger partial charge < -0.3 is 29.0 Å². The predicted molar refractivity (Wildman–Crippen MR) is 158 cm³/mol. The maximum atomic E-state index is 13.5. The Kier molecular flexibility index (Phi) is 9.41. The van der Waals surface area contributed by atoms with Crippen LogP contribution in [-0.4, -0.2) is 80.2 Å². The number of likely N-dealkylation sites (tertiary alicyclic amines) is 1. The first kappa shape index (κ1) is 29.2. The maximum Gasteiger partial charge on any atom is 0.295 e. The van der Waals surface area contributed by atoms with Crippen molar-refractivity contribution in [2.24, 2.45) is 0 Å². The number of morpholine rings is 1. The minimum atomic E-state index is -0.829. The second kappa shape index (κ2) is 13.5. The highest BCUT2D eigenvalue weighted by Gasteiger charge is 2.47. The third-order valence-electron chi connectivity index (χ3n) is 7.63. The quantitative estimate of drug-likeness (QED) is 0.205. The molecular formula is C33H36N2O7. The van der Waals surface area contributed by atoms with Gasteiger partial charge in [0.15, 0.2) is 0 Å². The zero-order valence-corrected chi connectivity index (χ0v) is 24.0. The second-order valence-electron chi connectivity index (χ2n) is 10.2. The molecule has 1 amide bonds. The molecule has 9 nitrogen and oxygen atoms in total. The smallest absolute Gasteiger partial charge is 0.295 e. The van der Waals surface area contributed by atoms with Gasteiger partial charge in [-0.2, -0.15) is 0 Å². The number of hydrogen-bond acceptors (Lipinski definition) is 8. The number of carbonyl (C=O) groups is 2. The van der Waals surface area contributed by atoms with Crippen LogP contribution >= 0.6 is 0 Å². The fraction of sp³-hybridized carbons (Fsp3) is 0.333. The van der Waals surface area contributed by atoms with Crippen LogP contribution in [0.15, 0.2) is 78.4 Å². The van der Waals surface area contributed by atoms with Crippen molar-refractivity contribution in [3.63, 3.8) is 0 Å². The zero-order valence-electron chi connectivity index (χ0n) is 24.0. The summed E-state index contributed by atoms with van der Waals surface area (Å²) in [6.45, 7) is 4.54. The lowest BCUT2D eigenvalue weighted by Crippen LogP contribution is -2.39. The Bertz CT molecular complexity index is 1420. The van der Waals surface area contributed by atoms with E-state index in [-0.39, 0.29) is 11.3 Å². The first-order valence-corrected chi connectivity index (χ1v) is 14.1. The lowest BCUT2D eigenvalue weighted by atomic mass is 9.94. The van der Waals surface area contributed by atoms with Crippen LogP contribution in [0.25, 0.3) is 5.76 Å². The van der Waals surface area contributed by atoms with Gasteiger partial charge in [0.2, 0.25) is 0 Å². The number of aliphatic hydroxyl groups excluding tert-OH is 1. The number of rotatable bonds is 11. The molecule has 2 heterocycles. The van der Waals surface area contributed by atoms with Crippen molar-refractivity contribution >= 4 is 17.4 Å². The van der Waals surface area contributed by atoms with Gasteiger partial charge in [0.05, 0.1) is 39.0 Å². The molecule has 2 aliphatic heterocycles. The van der Waals surface area contributed by atoms with E-state index in [0.717, 1.165) is 25.2 Å². The minimum absolute atomic E-state index is 0.0211. The first-order valence-electron chi connectivity index (χ1n) is 14.1. The fourth-order valence-corrected chi connectivity index (χ4v) is 5.37. The normalized spacial score (nSPS) is 18.7. The van der Waals surface area contributed by atoms with E-state index in [2.05, 4.69) is 4.90 Å². The average molecular weight is 573 g/mol. The van der Waals surface area contributed by atoms with Gasteiger partial charge in [0.1, 0.15) is 29.6 Å². The van der Waals surface area contributed by atoms with Gasteiger partial charge in [-0.05, 0) is 48.4 Å². The number of hydrogen-bond donors (Lipinski definition) is 1. The molecule has 42 heavy (non-hydrogen) atoms. The van der Waals surface area contributed by atoms with E-state index >= 15 is 0 Å². The maximum absolute atomic E-state index is 13.5. The van der Waals surface area contributed by atoms with Crippen LogP contribution in [0.4, 0.5) is 0 Å². The fourth-order valence-electron chi connectivity index (χ4n) is 5.37. The molecule has 0 spiro atoms.